The van der Waals surface area contributed by atoms with Gasteiger partial charge in [-0.25, -0.2) is 0 Å². The van der Waals surface area contributed by atoms with Crippen LogP contribution in [0.15, 0.2) is 18.2 Å². The number of methoxy groups -OCH3 is 1. The van der Waals surface area contributed by atoms with Crippen LogP contribution in [-0.4, -0.2) is 24.7 Å². The number of ether oxygens (including phenoxy) is 2. The van der Waals surface area contributed by atoms with Gasteiger partial charge in [-0.15, -0.1) is 0 Å². The third-order valence-electron chi connectivity index (χ3n) is 4.61. The van der Waals surface area contributed by atoms with Crippen molar-refractivity contribution in [3.8, 4) is 11.8 Å². The van der Waals surface area contributed by atoms with E-state index in [1.165, 1.54) is 0 Å². The van der Waals surface area contributed by atoms with E-state index < -0.39 is 5.60 Å². The van der Waals surface area contributed by atoms with Crippen molar-refractivity contribution in [2.24, 2.45) is 5.92 Å². The maximum absolute atomic E-state index is 12.7. The topological polar surface area (TPSA) is 71.3 Å². The van der Waals surface area contributed by atoms with Crippen molar-refractivity contribution < 1.29 is 14.3 Å². The van der Waals surface area contributed by atoms with E-state index in [4.69, 9.17) is 9.47 Å². The number of benzene rings is 1. The SMILES string of the molecule is COC1(C(=O)Nc2ccc(OC(C)C)c(C#N)c2)CCC(C)CC1. The van der Waals surface area contributed by atoms with Crippen molar-refractivity contribution >= 4 is 11.6 Å². The van der Waals surface area contributed by atoms with E-state index in [1.54, 1.807) is 25.3 Å². The molecule has 24 heavy (non-hydrogen) atoms. The fourth-order valence-electron chi connectivity index (χ4n) is 3.05. The molecule has 0 bridgehead atoms. The van der Waals surface area contributed by atoms with Crippen LogP contribution < -0.4 is 10.1 Å². The molecule has 0 atom stereocenters. The van der Waals surface area contributed by atoms with Crippen LogP contribution in [0, 0.1) is 17.2 Å². The Hall–Kier alpha value is -2.06. The first-order valence-electron chi connectivity index (χ1n) is 8.47. The molecule has 1 amide bonds. The molecule has 0 spiro atoms. The molecule has 5 nitrogen and oxygen atoms in total. The van der Waals surface area contributed by atoms with Crippen LogP contribution in [0.1, 0.15) is 52.0 Å². The molecule has 5 heteroatoms. The van der Waals surface area contributed by atoms with Gasteiger partial charge in [-0.1, -0.05) is 6.92 Å². The Morgan fingerprint density at radius 2 is 2.04 bits per heavy atom. The Morgan fingerprint density at radius 3 is 2.58 bits per heavy atom. The summed E-state index contributed by atoms with van der Waals surface area (Å²) < 4.78 is 11.2. The van der Waals surface area contributed by atoms with Crippen molar-refractivity contribution in [3.63, 3.8) is 0 Å². The average molecular weight is 330 g/mol. The molecular weight excluding hydrogens is 304 g/mol. The maximum atomic E-state index is 12.7. The zero-order valence-corrected chi connectivity index (χ0v) is 14.9. The highest BCUT2D eigenvalue weighted by molar-refractivity contribution is 5.97. The van der Waals surface area contributed by atoms with E-state index in [9.17, 15) is 10.1 Å². The lowest BCUT2D eigenvalue weighted by Gasteiger charge is -2.36. The minimum atomic E-state index is -0.771. The molecule has 1 aromatic rings. The van der Waals surface area contributed by atoms with E-state index >= 15 is 0 Å². The normalized spacial score (nSPS) is 23.6. The fourth-order valence-corrected chi connectivity index (χ4v) is 3.05. The van der Waals surface area contributed by atoms with Crippen LogP contribution in [0.3, 0.4) is 0 Å². The lowest BCUT2D eigenvalue weighted by molar-refractivity contribution is -0.142. The van der Waals surface area contributed by atoms with Crippen LogP contribution in [0.5, 0.6) is 5.75 Å². The number of nitrogens with one attached hydrogen (secondary N) is 1. The summed E-state index contributed by atoms with van der Waals surface area (Å²) in [6.45, 7) is 6.01. The monoisotopic (exact) mass is 330 g/mol. The Kier molecular flexibility index (Phi) is 5.84. The van der Waals surface area contributed by atoms with Crippen LogP contribution in [0.4, 0.5) is 5.69 Å². The third kappa shape index (κ3) is 4.07. The summed E-state index contributed by atoms with van der Waals surface area (Å²) in [5.74, 6) is 1.01. The van der Waals surface area contributed by atoms with E-state index in [2.05, 4.69) is 18.3 Å². The van der Waals surface area contributed by atoms with Gasteiger partial charge in [0.25, 0.3) is 5.91 Å². The summed E-state index contributed by atoms with van der Waals surface area (Å²) in [6.07, 6.45) is 3.38. The van der Waals surface area contributed by atoms with Crippen LogP contribution >= 0.6 is 0 Å². The van der Waals surface area contributed by atoms with Gasteiger partial charge in [0.05, 0.1) is 11.7 Å². The van der Waals surface area contributed by atoms with Crippen LogP contribution in [-0.2, 0) is 9.53 Å². The highest BCUT2D eigenvalue weighted by Crippen LogP contribution is 2.35. The summed E-state index contributed by atoms with van der Waals surface area (Å²) in [6, 6.07) is 7.23. The molecule has 0 aromatic heterocycles. The van der Waals surface area contributed by atoms with E-state index in [0.717, 1.165) is 25.7 Å². The molecule has 1 aromatic carbocycles. The standard InChI is InChI=1S/C19H26N2O3/c1-13(2)24-17-6-5-16(11-15(17)12-20)21-18(22)19(23-4)9-7-14(3)8-10-19/h5-6,11,13-14H,7-10H2,1-4H3,(H,21,22). The molecule has 0 radical (unpaired) electrons. The fraction of sp³-hybridized carbons (Fsp3) is 0.579. The molecule has 1 aliphatic rings. The van der Waals surface area contributed by atoms with Crippen LogP contribution in [0.25, 0.3) is 0 Å². The van der Waals surface area contributed by atoms with Gasteiger partial charge in [-0.05, 0) is 63.6 Å². The number of nitrogens with zero attached hydrogens (tertiary/aromatic N) is 1. The molecule has 0 heterocycles. The Morgan fingerprint density at radius 1 is 1.38 bits per heavy atom. The predicted octanol–water partition coefficient (Wildman–Crippen LogP) is 3.88. The summed E-state index contributed by atoms with van der Waals surface area (Å²) in [5.41, 5.74) is 0.222. The van der Waals surface area contributed by atoms with Gasteiger partial charge < -0.3 is 14.8 Å². The highest BCUT2D eigenvalue weighted by atomic mass is 16.5. The quantitative estimate of drug-likeness (QED) is 0.889. The molecular formula is C19H26N2O3. The molecule has 0 unspecified atom stereocenters. The van der Waals surface area contributed by atoms with Crippen molar-refractivity contribution in [1.29, 1.82) is 5.26 Å². The molecule has 1 fully saturated rings. The molecule has 0 saturated heterocycles. The summed E-state index contributed by atoms with van der Waals surface area (Å²) >= 11 is 0. The number of amides is 1. The van der Waals surface area contributed by atoms with Gasteiger partial charge >= 0.3 is 0 Å². The molecule has 1 aliphatic carbocycles. The Balaban J connectivity index is 2.15. The van der Waals surface area contributed by atoms with Crippen molar-refractivity contribution in [1.82, 2.24) is 0 Å². The van der Waals surface area contributed by atoms with Gasteiger partial charge in [-0.3, -0.25) is 4.79 Å². The molecule has 130 valence electrons. The predicted molar refractivity (Wildman–Crippen MR) is 92.9 cm³/mol. The summed E-state index contributed by atoms with van der Waals surface area (Å²) in [4.78, 5) is 12.7. The first-order chi connectivity index (χ1) is 11.4. The summed E-state index contributed by atoms with van der Waals surface area (Å²) in [5, 5.41) is 12.2. The van der Waals surface area contributed by atoms with Crippen LogP contribution in [0.2, 0.25) is 0 Å². The summed E-state index contributed by atoms with van der Waals surface area (Å²) in [7, 11) is 1.59. The number of hydrogen-bond acceptors (Lipinski definition) is 4. The van der Waals surface area contributed by atoms with Crippen molar-refractivity contribution in [3.05, 3.63) is 23.8 Å². The number of hydrogen-bond donors (Lipinski definition) is 1. The zero-order chi connectivity index (χ0) is 17.7. The van der Waals surface area contributed by atoms with E-state index in [1.807, 2.05) is 13.8 Å². The second-order valence-electron chi connectivity index (χ2n) is 6.82. The van der Waals surface area contributed by atoms with E-state index in [0.29, 0.717) is 22.9 Å². The lowest BCUT2D eigenvalue weighted by Crippen LogP contribution is -2.47. The zero-order valence-electron chi connectivity index (χ0n) is 14.9. The highest BCUT2D eigenvalue weighted by Gasteiger charge is 2.41. The largest absolute Gasteiger partial charge is 0.490 e. The molecule has 1 N–H and O–H groups in total. The first kappa shape index (κ1) is 18.3. The lowest BCUT2D eigenvalue weighted by atomic mass is 9.79. The molecule has 0 aliphatic heterocycles. The number of anilines is 1. The maximum Gasteiger partial charge on any atom is 0.256 e. The third-order valence-corrected chi connectivity index (χ3v) is 4.61. The first-order valence-corrected chi connectivity index (χ1v) is 8.47. The van der Waals surface area contributed by atoms with Gasteiger partial charge in [0, 0.05) is 12.8 Å². The van der Waals surface area contributed by atoms with E-state index in [-0.39, 0.29) is 12.0 Å². The Labute approximate surface area is 144 Å². The van der Waals surface area contributed by atoms with Gasteiger partial charge in [-0.2, -0.15) is 5.26 Å². The second kappa shape index (κ2) is 7.67. The average Bonchev–Trinajstić information content (AvgIpc) is 2.56. The van der Waals surface area contributed by atoms with Gasteiger partial charge in [0.15, 0.2) is 0 Å². The second-order valence-corrected chi connectivity index (χ2v) is 6.82. The minimum absolute atomic E-state index is 0.0152. The molecule has 2 rings (SSSR count). The van der Waals surface area contributed by atoms with Crippen molar-refractivity contribution in [2.75, 3.05) is 12.4 Å². The molecule has 1 saturated carbocycles. The number of nitriles is 1. The van der Waals surface area contributed by atoms with Crippen molar-refractivity contribution in [2.45, 2.75) is 58.2 Å². The number of carbonyl (C=O) groups excluding carboxylic acids is 1. The Bertz CT molecular complexity index is 626. The van der Waals surface area contributed by atoms with Gasteiger partial charge in [0.1, 0.15) is 17.4 Å². The smallest absolute Gasteiger partial charge is 0.256 e. The van der Waals surface area contributed by atoms with Gasteiger partial charge in [0.2, 0.25) is 0 Å². The number of carbonyl (C=O) groups is 1. The minimum Gasteiger partial charge on any atom is -0.490 e. The number of rotatable bonds is 5.